The van der Waals surface area contributed by atoms with Gasteiger partial charge in [-0.1, -0.05) is 29.4 Å². The van der Waals surface area contributed by atoms with E-state index in [9.17, 15) is 9.59 Å². The SMILES string of the molecule is CCOC(=O)c1ccc(NC(=O)CCc2nc(-c3ccccc3C)no2)cc1. The van der Waals surface area contributed by atoms with Crippen molar-refractivity contribution in [3.63, 3.8) is 0 Å². The van der Waals surface area contributed by atoms with Crippen molar-refractivity contribution in [2.45, 2.75) is 26.7 Å². The van der Waals surface area contributed by atoms with Gasteiger partial charge in [0, 0.05) is 24.1 Å². The quantitative estimate of drug-likeness (QED) is 0.628. The lowest BCUT2D eigenvalue weighted by atomic mass is 10.1. The van der Waals surface area contributed by atoms with Crippen LogP contribution in [-0.4, -0.2) is 28.6 Å². The molecule has 1 aromatic heterocycles. The molecule has 28 heavy (non-hydrogen) atoms. The van der Waals surface area contributed by atoms with Crippen LogP contribution in [0.3, 0.4) is 0 Å². The number of hydrogen-bond donors (Lipinski definition) is 1. The average Bonchev–Trinajstić information content (AvgIpc) is 3.16. The lowest BCUT2D eigenvalue weighted by Gasteiger charge is -2.06. The molecule has 0 unspecified atom stereocenters. The third-order valence-electron chi connectivity index (χ3n) is 4.10. The number of carbonyl (C=O) groups is 2. The van der Waals surface area contributed by atoms with Crippen molar-refractivity contribution in [1.82, 2.24) is 10.1 Å². The molecule has 1 heterocycles. The van der Waals surface area contributed by atoms with Gasteiger partial charge in [0.15, 0.2) is 0 Å². The van der Waals surface area contributed by atoms with E-state index in [2.05, 4.69) is 15.5 Å². The van der Waals surface area contributed by atoms with Crippen LogP contribution >= 0.6 is 0 Å². The first-order valence-electron chi connectivity index (χ1n) is 9.02. The first-order valence-corrected chi connectivity index (χ1v) is 9.02. The van der Waals surface area contributed by atoms with Gasteiger partial charge in [0.05, 0.1) is 12.2 Å². The Kier molecular flexibility index (Phi) is 6.16. The molecule has 1 N–H and O–H groups in total. The maximum Gasteiger partial charge on any atom is 0.338 e. The lowest BCUT2D eigenvalue weighted by Crippen LogP contribution is -2.12. The highest BCUT2D eigenvalue weighted by atomic mass is 16.5. The van der Waals surface area contributed by atoms with E-state index >= 15 is 0 Å². The number of carbonyl (C=O) groups excluding carboxylic acids is 2. The van der Waals surface area contributed by atoms with Crippen molar-refractivity contribution in [3.05, 3.63) is 65.5 Å². The molecule has 144 valence electrons. The second-order valence-corrected chi connectivity index (χ2v) is 6.17. The summed E-state index contributed by atoms with van der Waals surface area (Å²) in [6, 6.07) is 14.3. The largest absolute Gasteiger partial charge is 0.462 e. The molecule has 0 radical (unpaired) electrons. The van der Waals surface area contributed by atoms with E-state index in [-0.39, 0.29) is 18.3 Å². The van der Waals surface area contributed by atoms with E-state index < -0.39 is 0 Å². The van der Waals surface area contributed by atoms with Gasteiger partial charge in [-0.05, 0) is 43.7 Å². The smallest absolute Gasteiger partial charge is 0.338 e. The molecule has 0 atom stereocenters. The van der Waals surface area contributed by atoms with Crippen molar-refractivity contribution in [3.8, 4) is 11.4 Å². The lowest BCUT2D eigenvalue weighted by molar-refractivity contribution is -0.116. The monoisotopic (exact) mass is 379 g/mol. The number of hydrogen-bond acceptors (Lipinski definition) is 6. The Morgan fingerprint density at radius 3 is 2.57 bits per heavy atom. The number of ether oxygens (including phenoxy) is 1. The van der Waals surface area contributed by atoms with Crippen LogP contribution in [0.25, 0.3) is 11.4 Å². The number of nitrogens with one attached hydrogen (secondary N) is 1. The van der Waals surface area contributed by atoms with Crippen molar-refractivity contribution in [1.29, 1.82) is 0 Å². The number of benzene rings is 2. The van der Waals surface area contributed by atoms with E-state index in [0.717, 1.165) is 11.1 Å². The fourth-order valence-corrected chi connectivity index (χ4v) is 2.64. The Morgan fingerprint density at radius 2 is 1.86 bits per heavy atom. The molecule has 0 aliphatic heterocycles. The van der Waals surface area contributed by atoms with Crippen LogP contribution in [0, 0.1) is 6.92 Å². The van der Waals surface area contributed by atoms with E-state index in [1.54, 1.807) is 31.2 Å². The van der Waals surface area contributed by atoms with Gasteiger partial charge >= 0.3 is 5.97 Å². The molecule has 0 saturated heterocycles. The van der Waals surface area contributed by atoms with Crippen LogP contribution in [0.2, 0.25) is 0 Å². The van der Waals surface area contributed by atoms with Crippen LogP contribution in [0.1, 0.15) is 35.2 Å². The molecule has 0 saturated carbocycles. The van der Waals surface area contributed by atoms with Gasteiger partial charge in [-0.15, -0.1) is 0 Å². The number of aryl methyl sites for hydroxylation is 2. The second-order valence-electron chi connectivity index (χ2n) is 6.17. The summed E-state index contributed by atoms with van der Waals surface area (Å²) in [7, 11) is 0. The fraction of sp³-hybridized carbons (Fsp3) is 0.238. The van der Waals surface area contributed by atoms with E-state index in [1.165, 1.54) is 0 Å². The van der Waals surface area contributed by atoms with Gasteiger partial charge < -0.3 is 14.6 Å². The predicted octanol–water partition coefficient (Wildman–Crippen LogP) is 3.79. The molecule has 0 aliphatic rings. The molecule has 3 rings (SSSR count). The zero-order valence-corrected chi connectivity index (χ0v) is 15.8. The summed E-state index contributed by atoms with van der Waals surface area (Å²) in [5.74, 6) is 0.356. The minimum atomic E-state index is -0.388. The van der Waals surface area contributed by atoms with Gasteiger partial charge in [-0.25, -0.2) is 4.79 Å². The van der Waals surface area contributed by atoms with Crippen LogP contribution in [0.4, 0.5) is 5.69 Å². The maximum absolute atomic E-state index is 12.1. The summed E-state index contributed by atoms with van der Waals surface area (Å²) < 4.78 is 10.2. The Morgan fingerprint density at radius 1 is 1.11 bits per heavy atom. The molecular weight excluding hydrogens is 358 g/mol. The molecule has 0 fully saturated rings. The van der Waals surface area contributed by atoms with Gasteiger partial charge in [-0.2, -0.15) is 4.98 Å². The third kappa shape index (κ3) is 4.82. The summed E-state index contributed by atoms with van der Waals surface area (Å²) in [4.78, 5) is 28.1. The number of rotatable bonds is 7. The highest BCUT2D eigenvalue weighted by Gasteiger charge is 2.12. The summed E-state index contributed by atoms with van der Waals surface area (Å²) in [5.41, 5.74) is 3.00. The average molecular weight is 379 g/mol. The molecule has 7 heteroatoms. The summed E-state index contributed by atoms with van der Waals surface area (Å²) in [5, 5.41) is 6.77. The first kappa shape index (κ1) is 19.3. The Balaban J connectivity index is 1.54. The van der Waals surface area contributed by atoms with Crippen LogP contribution in [-0.2, 0) is 16.0 Å². The zero-order valence-electron chi connectivity index (χ0n) is 15.8. The molecular formula is C21H21N3O4. The normalized spacial score (nSPS) is 10.5. The number of nitrogens with zero attached hydrogens (tertiary/aromatic N) is 2. The van der Waals surface area contributed by atoms with E-state index in [1.807, 2.05) is 31.2 Å². The van der Waals surface area contributed by atoms with Crippen molar-refractivity contribution in [2.75, 3.05) is 11.9 Å². The molecule has 2 aromatic carbocycles. The fourth-order valence-electron chi connectivity index (χ4n) is 2.64. The van der Waals surface area contributed by atoms with Gasteiger partial charge in [0.2, 0.25) is 17.6 Å². The Bertz CT molecular complexity index is 964. The van der Waals surface area contributed by atoms with Crippen LogP contribution in [0.5, 0.6) is 0 Å². The van der Waals surface area contributed by atoms with Crippen molar-refractivity contribution >= 4 is 17.6 Å². The van der Waals surface area contributed by atoms with Crippen molar-refractivity contribution < 1.29 is 18.8 Å². The number of esters is 1. The predicted molar refractivity (Wildman–Crippen MR) is 104 cm³/mol. The maximum atomic E-state index is 12.1. The van der Waals surface area contributed by atoms with Crippen molar-refractivity contribution in [2.24, 2.45) is 0 Å². The number of aromatic nitrogens is 2. The topological polar surface area (TPSA) is 94.3 Å². The van der Waals surface area contributed by atoms with Gasteiger partial charge in [0.25, 0.3) is 0 Å². The molecule has 1 amide bonds. The standard InChI is InChI=1S/C21H21N3O4/c1-3-27-21(26)15-8-10-16(11-9-15)22-18(25)12-13-19-23-20(24-28-19)17-7-5-4-6-14(17)2/h4-11H,3,12-13H2,1-2H3,(H,22,25). The zero-order chi connectivity index (χ0) is 19.9. The number of amides is 1. The minimum Gasteiger partial charge on any atom is -0.462 e. The van der Waals surface area contributed by atoms with E-state index in [4.69, 9.17) is 9.26 Å². The number of anilines is 1. The van der Waals surface area contributed by atoms with E-state index in [0.29, 0.717) is 36.0 Å². The van der Waals surface area contributed by atoms with Crippen LogP contribution in [0.15, 0.2) is 53.1 Å². The molecule has 7 nitrogen and oxygen atoms in total. The van der Waals surface area contributed by atoms with Crippen LogP contribution < -0.4 is 5.32 Å². The molecule has 0 aliphatic carbocycles. The second kappa shape index (κ2) is 8.94. The third-order valence-corrected chi connectivity index (χ3v) is 4.10. The van der Waals surface area contributed by atoms with Gasteiger partial charge in [0.1, 0.15) is 0 Å². The Hall–Kier alpha value is -3.48. The molecule has 0 bridgehead atoms. The summed E-state index contributed by atoms with van der Waals surface area (Å²) in [6.07, 6.45) is 0.542. The van der Waals surface area contributed by atoms with Gasteiger partial charge in [-0.3, -0.25) is 4.79 Å². The first-order chi connectivity index (χ1) is 13.6. The highest BCUT2D eigenvalue weighted by Crippen LogP contribution is 2.20. The molecule has 0 spiro atoms. The highest BCUT2D eigenvalue weighted by molar-refractivity contribution is 5.93. The minimum absolute atomic E-state index is 0.181. The Labute approximate surface area is 162 Å². The molecule has 3 aromatic rings. The summed E-state index contributed by atoms with van der Waals surface area (Å²) >= 11 is 0. The summed E-state index contributed by atoms with van der Waals surface area (Å²) in [6.45, 7) is 4.05.